The number of rotatable bonds is 3. The molecule has 0 aromatic carbocycles. The summed E-state index contributed by atoms with van der Waals surface area (Å²) in [5.74, 6) is 1.12. The maximum atomic E-state index is 10.7. The molecule has 0 saturated carbocycles. The highest BCUT2D eigenvalue weighted by molar-refractivity contribution is 9.08. The van der Waals surface area contributed by atoms with Crippen molar-refractivity contribution in [2.24, 2.45) is 5.92 Å². The molecule has 1 aromatic heterocycles. The van der Waals surface area contributed by atoms with Gasteiger partial charge in [0.2, 0.25) is 0 Å². The van der Waals surface area contributed by atoms with Crippen LogP contribution in [0.25, 0.3) is 0 Å². The van der Waals surface area contributed by atoms with Crippen LogP contribution in [0.5, 0.6) is 0 Å². The van der Waals surface area contributed by atoms with Crippen LogP contribution < -0.4 is 5.82 Å². The average Bonchev–Trinajstić information content (AvgIpc) is 2.29. The van der Waals surface area contributed by atoms with Crippen LogP contribution >= 0.6 is 15.9 Å². The molecule has 0 amide bonds. The van der Waals surface area contributed by atoms with Crippen LogP contribution in [0.1, 0.15) is 25.4 Å². The zero-order valence-corrected chi connectivity index (χ0v) is 8.68. The number of hydrogen-bond acceptors (Lipinski definition) is 3. The van der Waals surface area contributed by atoms with Crippen LogP contribution in [0.15, 0.2) is 13.6 Å². The van der Waals surface area contributed by atoms with E-state index < -0.39 is 5.82 Å². The zero-order valence-electron chi connectivity index (χ0n) is 7.09. The van der Waals surface area contributed by atoms with Gasteiger partial charge in [0.05, 0.1) is 5.33 Å². The highest BCUT2D eigenvalue weighted by atomic mass is 79.9. The third kappa shape index (κ3) is 2.24. The Kier molecular flexibility index (Phi) is 3.14. The Hall–Kier alpha value is -0.510. The monoisotopic (exact) mass is 234 g/mol. The smallest absolute Gasteiger partial charge is 0.396 e. The third-order valence-electron chi connectivity index (χ3n) is 1.44. The zero-order chi connectivity index (χ0) is 9.14. The van der Waals surface area contributed by atoms with E-state index in [0.29, 0.717) is 22.8 Å². The average molecular weight is 235 g/mol. The van der Waals surface area contributed by atoms with Gasteiger partial charge in [-0.25, -0.2) is 4.79 Å². The molecule has 0 bridgehead atoms. The standard InChI is InChI=1S/C8H11BrO3/c1-5(2)3-6-7(4-9)12-8(10)11-6/h5H,3-4H2,1-2H3. The number of hydrogen-bond donors (Lipinski definition) is 0. The molecule has 0 N–H and O–H groups in total. The Morgan fingerprint density at radius 1 is 1.33 bits per heavy atom. The fourth-order valence-corrected chi connectivity index (χ4v) is 1.39. The molecule has 1 aromatic rings. The summed E-state index contributed by atoms with van der Waals surface area (Å²) in [6.07, 6.45) is 0.743. The van der Waals surface area contributed by atoms with E-state index in [-0.39, 0.29) is 0 Å². The second kappa shape index (κ2) is 3.94. The largest absolute Gasteiger partial charge is 0.519 e. The first-order valence-electron chi connectivity index (χ1n) is 3.81. The van der Waals surface area contributed by atoms with E-state index >= 15 is 0 Å². The first kappa shape index (κ1) is 9.58. The van der Waals surface area contributed by atoms with E-state index in [1.165, 1.54) is 0 Å². The van der Waals surface area contributed by atoms with Crippen LogP contribution in [-0.2, 0) is 11.8 Å². The van der Waals surface area contributed by atoms with Crippen molar-refractivity contribution in [1.82, 2.24) is 0 Å². The van der Waals surface area contributed by atoms with Crippen LogP contribution in [0.4, 0.5) is 0 Å². The van der Waals surface area contributed by atoms with Crippen molar-refractivity contribution in [3.8, 4) is 0 Å². The highest BCUT2D eigenvalue weighted by Gasteiger charge is 2.12. The summed E-state index contributed by atoms with van der Waals surface area (Å²) < 4.78 is 9.66. The summed E-state index contributed by atoms with van der Waals surface area (Å²) in [5, 5.41) is 0.529. The Morgan fingerprint density at radius 3 is 2.42 bits per heavy atom. The number of halogens is 1. The van der Waals surface area contributed by atoms with Crippen molar-refractivity contribution >= 4 is 15.9 Å². The molecular weight excluding hydrogens is 224 g/mol. The molecule has 0 aliphatic heterocycles. The summed E-state index contributed by atoms with van der Waals surface area (Å²) in [7, 11) is 0. The maximum Gasteiger partial charge on any atom is 0.519 e. The van der Waals surface area contributed by atoms with Crippen LogP contribution in [-0.4, -0.2) is 0 Å². The minimum Gasteiger partial charge on any atom is -0.396 e. The molecule has 0 atom stereocenters. The van der Waals surface area contributed by atoms with Crippen molar-refractivity contribution in [1.29, 1.82) is 0 Å². The fourth-order valence-electron chi connectivity index (χ4n) is 0.964. The van der Waals surface area contributed by atoms with E-state index in [2.05, 4.69) is 29.8 Å². The van der Waals surface area contributed by atoms with Crippen molar-refractivity contribution in [3.63, 3.8) is 0 Å². The molecule has 0 unspecified atom stereocenters. The lowest BCUT2D eigenvalue weighted by Gasteiger charge is -1.99. The van der Waals surface area contributed by atoms with E-state index in [9.17, 15) is 4.79 Å². The molecule has 0 spiro atoms. The molecule has 0 aliphatic carbocycles. The predicted octanol–water partition coefficient (Wildman–Crippen LogP) is 2.33. The van der Waals surface area contributed by atoms with Crippen molar-refractivity contribution in [2.45, 2.75) is 25.6 Å². The lowest BCUT2D eigenvalue weighted by atomic mass is 10.1. The van der Waals surface area contributed by atoms with Gasteiger partial charge in [0.25, 0.3) is 0 Å². The normalized spacial score (nSPS) is 11.0. The van der Waals surface area contributed by atoms with Gasteiger partial charge in [0, 0.05) is 6.42 Å². The van der Waals surface area contributed by atoms with Crippen LogP contribution in [0.2, 0.25) is 0 Å². The second-order valence-corrected chi connectivity index (χ2v) is 3.59. The van der Waals surface area contributed by atoms with Gasteiger partial charge in [-0.2, -0.15) is 0 Å². The molecule has 0 saturated heterocycles. The molecule has 1 heterocycles. The highest BCUT2D eigenvalue weighted by Crippen LogP contribution is 2.14. The minimum atomic E-state index is -0.611. The molecular formula is C8H11BrO3. The molecule has 12 heavy (non-hydrogen) atoms. The van der Waals surface area contributed by atoms with Crippen LogP contribution in [0.3, 0.4) is 0 Å². The molecule has 3 nitrogen and oxygen atoms in total. The maximum absolute atomic E-state index is 10.7. The lowest BCUT2D eigenvalue weighted by molar-refractivity contribution is 0.364. The van der Waals surface area contributed by atoms with E-state index in [0.717, 1.165) is 6.42 Å². The van der Waals surface area contributed by atoms with Gasteiger partial charge < -0.3 is 8.83 Å². The quantitative estimate of drug-likeness (QED) is 0.755. The minimum absolute atomic E-state index is 0.462. The SMILES string of the molecule is CC(C)Cc1oc(=O)oc1CBr. The van der Waals surface area contributed by atoms with E-state index in [1.54, 1.807) is 0 Å². The van der Waals surface area contributed by atoms with Gasteiger partial charge in [-0.1, -0.05) is 29.8 Å². The second-order valence-electron chi connectivity index (χ2n) is 3.03. The third-order valence-corrected chi connectivity index (χ3v) is 1.95. The molecule has 0 aliphatic rings. The Labute approximate surface area is 78.9 Å². The van der Waals surface area contributed by atoms with Crippen molar-refractivity contribution < 1.29 is 8.83 Å². The first-order chi connectivity index (χ1) is 5.63. The summed E-state index contributed by atoms with van der Waals surface area (Å²) in [6, 6.07) is 0. The predicted molar refractivity (Wildman–Crippen MR) is 48.4 cm³/mol. The van der Waals surface area contributed by atoms with Crippen molar-refractivity contribution in [3.05, 3.63) is 22.1 Å². The fraction of sp³-hybridized carbons (Fsp3) is 0.625. The Bertz CT molecular complexity index is 297. The van der Waals surface area contributed by atoms with Crippen LogP contribution in [0, 0.1) is 5.92 Å². The Morgan fingerprint density at radius 2 is 1.92 bits per heavy atom. The van der Waals surface area contributed by atoms with Gasteiger partial charge in [-0.3, -0.25) is 0 Å². The first-order valence-corrected chi connectivity index (χ1v) is 4.93. The molecule has 68 valence electrons. The summed E-state index contributed by atoms with van der Waals surface area (Å²) in [6.45, 7) is 4.12. The molecule has 0 fully saturated rings. The summed E-state index contributed by atoms with van der Waals surface area (Å²) in [5.41, 5.74) is 0. The molecule has 4 heteroatoms. The van der Waals surface area contributed by atoms with Gasteiger partial charge in [0.15, 0.2) is 11.5 Å². The van der Waals surface area contributed by atoms with Gasteiger partial charge in [0.1, 0.15) is 0 Å². The Balaban J connectivity index is 2.89. The van der Waals surface area contributed by atoms with E-state index in [4.69, 9.17) is 8.83 Å². The molecule has 1 rings (SSSR count). The van der Waals surface area contributed by atoms with Gasteiger partial charge in [-0.05, 0) is 5.92 Å². The topological polar surface area (TPSA) is 43.4 Å². The van der Waals surface area contributed by atoms with Gasteiger partial charge >= 0.3 is 5.82 Å². The van der Waals surface area contributed by atoms with Crippen molar-refractivity contribution in [2.75, 3.05) is 0 Å². The van der Waals surface area contributed by atoms with E-state index in [1.807, 2.05) is 0 Å². The number of alkyl halides is 1. The summed E-state index contributed by atoms with van der Waals surface area (Å²) >= 11 is 3.22. The molecule has 0 radical (unpaired) electrons. The summed E-state index contributed by atoms with van der Waals surface area (Å²) in [4.78, 5) is 10.7. The lowest BCUT2D eigenvalue weighted by Crippen LogP contribution is -1.95. The van der Waals surface area contributed by atoms with Gasteiger partial charge in [-0.15, -0.1) is 0 Å².